The molecule has 8 aromatic carbocycles. The molecule has 2 aliphatic carbocycles. The van der Waals surface area contributed by atoms with Crippen LogP contribution in [0.1, 0.15) is 29.0 Å². The van der Waals surface area contributed by atoms with E-state index in [1.165, 1.54) is 77.9 Å². The minimum absolute atomic E-state index is 0.350. The third-order valence-electron chi connectivity index (χ3n) is 12.4. The van der Waals surface area contributed by atoms with Crippen LogP contribution in [0.25, 0.3) is 61.2 Å². The topological polar surface area (TPSA) is 8.17 Å². The van der Waals surface area contributed by atoms with Crippen LogP contribution in [0.4, 0.5) is 17.1 Å². The molecule has 1 aromatic heterocycles. The molecule has 60 heavy (non-hydrogen) atoms. The average molecular weight is 769 g/mol. The highest BCUT2D eigenvalue weighted by Crippen LogP contribution is 2.46. The van der Waals surface area contributed by atoms with E-state index >= 15 is 0 Å². The van der Waals surface area contributed by atoms with Crippen LogP contribution in [-0.4, -0.2) is 4.57 Å². The van der Waals surface area contributed by atoms with Crippen molar-refractivity contribution in [2.45, 2.75) is 25.2 Å². The summed E-state index contributed by atoms with van der Waals surface area (Å²) in [7, 11) is 0. The zero-order valence-corrected chi connectivity index (χ0v) is 33.5. The van der Waals surface area contributed by atoms with Gasteiger partial charge in [0.25, 0.3) is 0 Å². The van der Waals surface area contributed by atoms with Crippen LogP contribution in [0.3, 0.4) is 0 Å². The van der Waals surface area contributed by atoms with E-state index in [1.54, 1.807) is 0 Å². The fraction of sp³-hybridized carbons (Fsp3) is 0.0690. The fourth-order valence-corrected chi connectivity index (χ4v) is 9.64. The number of rotatable bonds is 8. The standard InChI is InChI=1S/C58H44N2/c1-4-17-41(18-5-1)45-22-14-26-49(39-45)59(48-36-33-44(34-37-48)52-29-13-12-28-51(52)42-19-6-2-7-20-42)50-27-15-23-46(40-50)53-31-16-32-56-57(53)55-38-35-43-21-10-11-30-54(43)58(55)60(56)47-24-8-3-9-25-47/h1-17,19-34,36-37,39-41H,18,35,38H2. The third kappa shape index (κ3) is 6.38. The van der Waals surface area contributed by atoms with Crippen LogP contribution in [0.2, 0.25) is 0 Å². The zero-order chi connectivity index (χ0) is 39.8. The number of aryl methyl sites for hydroxylation is 2. The molecule has 0 N–H and O–H groups in total. The largest absolute Gasteiger partial charge is 0.310 e. The van der Waals surface area contributed by atoms with E-state index in [2.05, 4.69) is 234 Å². The third-order valence-corrected chi connectivity index (χ3v) is 12.4. The molecular formula is C58H44N2. The van der Waals surface area contributed by atoms with Crippen molar-refractivity contribution < 1.29 is 0 Å². The summed E-state index contributed by atoms with van der Waals surface area (Å²) in [6, 6.07) is 73.6. The van der Waals surface area contributed by atoms with Crippen molar-refractivity contribution in [3.63, 3.8) is 0 Å². The summed E-state index contributed by atoms with van der Waals surface area (Å²) >= 11 is 0. The van der Waals surface area contributed by atoms with Crippen LogP contribution in [-0.2, 0) is 12.8 Å². The minimum Gasteiger partial charge on any atom is -0.310 e. The van der Waals surface area contributed by atoms with Gasteiger partial charge in [0.1, 0.15) is 0 Å². The van der Waals surface area contributed by atoms with Crippen molar-refractivity contribution in [2.75, 3.05) is 4.90 Å². The Balaban J connectivity index is 1.06. The maximum Gasteiger partial charge on any atom is 0.0576 e. The van der Waals surface area contributed by atoms with Gasteiger partial charge in [-0.2, -0.15) is 0 Å². The number of aromatic nitrogens is 1. The van der Waals surface area contributed by atoms with Gasteiger partial charge in [-0.15, -0.1) is 0 Å². The summed E-state index contributed by atoms with van der Waals surface area (Å²) in [4.78, 5) is 2.43. The first-order chi connectivity index (χ1) is 29.8. The molecule has 0 saturated heterocycles. The van der Waals surface area contributed by atoms with E-state index in [-0.39, 0.29) is 0 Å². The molecule has 2 aliphatic rings. The highest BCUT2D eigenvalue weighted by atomic mass is 15.1. The minimum atomic E-state index is 0.350. The van der Waals surface area contributed by atoms with E-state index in [4.69, 9.17) is 0 Å². The van der Waals surface area contributed by atoms with Gasteiger partial charge in [-0.05, 0) is 124 Å². The second-order valence-corrected chi connectivity index (χ2v) is 15.9. The van der Waals surface area contributed by atoms with Gasteiger partial charge in [0.05, 0.1) is 11.2 Å². The molecule has 2 nitrogen and oxygen atoms in total. The quantitative estimate of drug-likeness (QED) is 0.149. The Hall–Kier alpha value is -7.42. The number of hydrogen-bond donors (Lipinski definition) is 0. The van der Waals surface area contributed by atoms with Crippen LogP contribution in [0.15, 0.2) is 224 Å². The lowest BCUT2D eigenvalue weighted by atomic mass is 9.87. The Morgan fingerprint density at radius 2 is 1.08 bits per heavy atom. The van der Waals surface area contributed by atoms with Gasteiger partial charge >= 0.3 is 0 Å². The van der Waals surface area contributed by atoms with E-state index in [9.17, 15) is 0 Å². The first kappa shape index (κ1) is 35.7. The molecule has 0 fully saturated rings. The molecule has 0 saturated carbocycles. The number of hydrogen-bond acceptors (Lipinski definition) is 1. The van der Waals surface area contributed by atoms with Gasteiger partial charge in [-0.25, -0.2) is 0 Å². The lowest BCUT2D eigenvalue weighted by molar-refractivity contribution is 0.853. The molecule has 1 atom stereocenters. The normalized spacial score (nSPS) is 14.2. The molecule has 0 aliphatic heterocycles. The summed E-state index contributed by atoms with van der Waals surface area (Å²) in [6.07, 6.45) is 12.0. The van der Waals surface area contributed by atoms with Crippen LogP contribution in [0.5, 0.6) is 0 Å². The lowest BCUT2D eigenvalue weighted by Gasteiger charge is -2.27. The van der Waals surface area contributed by atoms with E-state index < -0.39 is 0 Å². The van der Waals surface area contributed by atoms with Crippen molar-refractivity contribution in [1.82, 2.24) is 4.57 Å². The Kier molecular flexibility index (Phi) is 9.17. The van der Waals surface area contributed by atoms with Crippen molar-refractivity contribution in [3.8, 4) is 50.3 Å². The predicted molar refractivity (Wildman–Crippen MR) is 253 cm³/mol. The first-order valence-electron chi connectivity index (χ1n) is 21.2. The molecule has 0 bridgehead atoms. The van der Waals surface area contributed by atoms with E-state index in [0.29, 0.717) is 5.92 Å². The van der Waals surface area contributed by atoms with Gasteiger partial charge in [0, 0.05) is 39.6 Å². The number of allylic oxidation sites excluding steroid dienone is 4. The summed E-state index contributed by atoms with van der Waals surface area (Å²) in [5.41, 5.74) is 20.0. The molecule has 286 valence electrons. The van der Waals surface area contributed by atoms with Gasteiger partial charge < -0.3 is 9.47 Å². The van der Waals surface area contributed by atoms with Crippen molar-refractivity contribution >= 4 is 28.0 Å². The molecule has 0 amide bonds. The highest BCUT2D eigenvalue weighted by molar-refractivity contribution is 6.04. The molecular weight excluding hydrogens is 725 g/mol. The lowest BCUT2D eigenvalue weighted by Crippen LogP contribution is -2.11. The zero-order valence-electron chi connectivity index (χ0n) is 33.5. The second kappa shape index (κ2) is 15.4. The van der Waals surface area contributed by atoms with Gasteiger partial charge in [-0.3, -0.25) is 0 Å². The molecule has 0 radical (unpaired) electrons. The number of para-hydroxylation sites is 1. The van der Waals surface area contributed by atoms with E-state index in [0.717, 1.165) is 36.3 Å². The Labute approximate surface area is 352 Å². The summed E-state index contributed by atoms with van der Waals surface area (Å²) < 4.78 is 2.50. The van der Waals surface area contributed by atoms with Gasteiger partial charge in [0.2, 0.25) is 0 Å². The average Bonchev–Trinajstić information content (AvgIpc) is 3.68. The van der Waals surface area contributed by atoms with Crippen molar-refractivity contribution in [3.05, 3.63) is 241 Å². The summed E-state index contributed by atoms with van der Waals surface area (Å²) in [5.74, 6) is 0.350. The van der Waals surface area contributed by atoms with Crippen molar-refractivity contribution in [2.24, 2.45) is 0 Å². The fourth-order valence-electron chi connectivity index (χ4n) is 9.64. The monoisotopic (exact) mass is 768 g/mol. The Morgan fingerprint density at radius 3 is 1.85 bits per heavy atom. The summed E-state index contributed by atoms with van der Waals surface area (Å²) in [5, 5.41) is 1.34. The Morgan fingerprint density at radius 1 is 0.450 bits per heavy atom. The highest BCUT2D eigenvalue weighted by Gasteiger charge is 2.27. The van der Waals surface area contributed by atoms with Crippen LogP contribution < -0.4 is 4.90 Å². The number of anilines is 3. The number of nitrogens with zero attached hydrogens (tertiary/aromatic N) is 2. The predicted octanol–water partition coefficient (Wildman–Crippen LogP) is 15.5. The first-order valence-corrected chi connectivity index (χ1v) is 21.2. The van der Waals surface area contributed by atoms with Crippen LogP contribution >= 0.6 is 0 Å². The maximum atomic E-state index is 2.50. The number of fused-ring (bicyclic) bond motifs is 5. The SMILES string of the molecule is C1=CCC(c2cccc(N(c3ccc(-c4ccccc4-c4ccccc4)cc3)c3cccc(-c4cccc5c4c4c(n5-c5ccccc5)-c5ccccc5CC4)c3)c2)C=C1. The second-order valence-electron chi connectivity index (χ2n) is 15.9. The van der Waals surface area contributed by atoms with Gasteiger partial charge in [-0.1, -0.05) is 170 Å². The maximum absolute atomic E-state index is 2.50. The van der Waals surface area contributed by atoms with Crippen molar-refractivity contribution in [1.29, 1.82) is 0 Å². The van der Waals surface area contributed by atoms with Crippen LogP contribution in [0, 0.1) is 0 Å². The molecule has 9 aromatic rings. The molecule has 1 unspecified atom stereocenters. The molecule has 1 heterocycles. The Bertz CT molecular complexity index is 3060. The molecule has 0 spiro atoms. The summed E-state index contributed by atoms with van der Waals surface area (Å²) in [6.45, 7) is 0. The molecule has 11 rings (SSSR count). The smallest absolute Gasteiger partial charge is 0.0576 e. The molecule has 2 heteroatoms. The van der Waals surface area contributed by atoms with Gasteiger partial charge in [0.15, 0.2) is 0 Å². The number of benzene rings is 8. The van der Waals surface area contributed by atoms with E-state index in [1.807, 2.05) is 0 Å².